The van der Waals surface area contributed by atoms with Gasteiger partial charge in [-0.25, -0.2) is 4.98 Å². The highest BCUT2D eigenvalue weighted by molar-refractivity contribution is 6.29. The zero-order valence-corrected chi connectivity index (χ0v) is 8.59. The first-order chi connectivity index (χ1) is 6.02. The summed E-state index contributed by atoms with van der Waals surface area (Å²) in [4.78, 5) is 17.0. The molecule has 1 aromatic rings. The van der Waals surface area contributed by atoms with Crippen molar-refractivity contribution in [3.8, 4) is 0 Å². The number of hydrogen-bond donors (Lipinski definition) is 0. The van der Waals surface area contributed by atoms with Crippen molar-refractivity contribution in [1.29, 1.82) is 0 Å². The van der Waals surface area contributed by atoms with Crippen molar-refractivity contribution in [3.63, 3.8) is 0 Å². The molecule has 1 rings (SSSR count). The number of hydrogen-bond acceptors (Lipinski definition) is 2. The largest absolute Gasteiger partial charge is 0.345 e. The van der Waals surface area contributed by atoms with E-state index >= 15 is 0 Å². The van der Waals surface area contributed by atoms with Crippen molar-refractivity contribution in [2.24, 2.45) is 0 Å². The molecule has 4 heteroatoms. The van der Waals surface area contributed by atoms with Crippen molar-refractivity contribution in [1.82, 2.24) is 9.88 Å². The quantitative estimate of drug-likeness (QED) is 0.645. The van der Waals surface area contributed by atoms with Gasteiger partial charge in [0.15, 0.2) is 0 Å². The topological polar surface area (TPSA) is 33.2 Å². The number of pyridine rings is 1. The van der Waals surface area contributed by atoms with Gasteiger partial charge in [-0.15, -0.1) is 0 Å². The van der Waals surface area contributed by atoms with E-state index in [1.54, 1.807) is 33.2 Å². The van der Waals surface area contributed by atoms with Crippen LogP contribution in [0.2, 0.25) is 5.15 Å². The third-order valence-electron chi connectivity index (χ3n) is 1.69. The van der Waals surface area contributed by atoms with Crippen LogP contribution in [0.25, 0.3) is 0 Å². The fraction of sp³-hybridized carbons (Fsp3) is 0.333. The Bertz CT molecular complexity index is 336. The number of carbonyl (C=O) groups excluding carboxylic acids is 1. The lowest BCUT2D eigenvalue weighted by Crippen LogP contribution is -2.22. The van der Waals surface area contributed by atoms with E-state index in [4.69, 9.17) is 11.6 Å². The number of amides is 1. The van der Waals surface area contributed by atoms with E-state index in [1.165, 1.54) is 4.90 Å². The van der Waals surface area contributed by atoms with Gasteiger partial charge < -0.3 is 4.90 Å². The second-order valence-corrected chi connectivity index (χ2v) is 3.35. The third-order valence-corrected chi connectivity index (χ3v) is 1.90. The molecule has 1 amide bonds. The summed E-state index contributed by atoms with van der Waals surface area (Å²) in [7, 11) is 3.41. The lowest BCUT2D eigenvalue weighted by molar-refractivity contribution is 0.0826. The van der Waals surface area contributed by atoms with Gasteiger partial charge in [0, 0.05) is 14.1 Å². The zero-order chi connectivity index (χ0) is 10.0. The third kappa shape index (κ3) is 2.18. The van der Waals surface area contributed by atoms with Gasteiger partial charge in [0.25, 0.3) is 5.91 Å². The van der Waals surface area contributed by atoms with Gasteiger partial charge in [-0.2, -0.15) is 0 Å². The predicted molar refractivity (Wildman–Crippen MR) is 52.0 cm³/mol. The van der Waals surface area contributed by atoms with Gasteiger partial charge in [-0.05, 0) is 19.1 Å². The summed E-state index contributed by atoms with van der Waals surface area (Å²) in [6.07, 6.45) is 0. The van der Waals surface area contributed by atoms with Crippen LogP contribution >= 0.6 is 11.6 Å². The molecule has 0 atom stereocenters. The summed E-state index contributed by atoms with van der Waals surface area (Å²) < 4.78 is 0. The highest BCUT2D eigenvalue weighted by atomic mass is 35.5. The van der Waals surface area contributed by atoms with Gasteiger partial charge in [0.1, 0.15) is 5.15 Å². The monoisotopic (exact) mass is 198 g/mol. The molecule has 0 aromatic carbocycles. The van der Waals surface area contributed by atoms with Crippen molar-refractivity contribution >= 4 is 17.5 Å². The summed E-state index contributed by atoms with van der Waals surface area (Å²) in [5.74, 6) is -0.0540. The molecule has 0 fully saturated rings. The van der Waals surface area contributed by atoms with E-state index in [2.05, 4.69) is 4.98 Å². The Kier molecular flexibility index (Phi) is 2.88. The molecule has 0 N–H and O–H groups in total. The summed E-state index contributed by atoms with van der Waals surface area (Å²) >= 11 is 5.67. The molecule has 0 radical (unpaired) electrons. The Hall–Kier alpha value is -1.09. The van der Waals surface area contributed by atoms with Crippen LogP contribution in [0.1, 0.15) is 16.1 Å². The van der Waals surface area contributed by atoms with Crippen molar-refractivity contribution < 1.29 is 4.79 Å². The smallest absolute Gasteiger partial charge is 0.255 e. The Morgan fingerprint density at radius 2 is 2.08 bits per heavy atom. The maximum Gasteiger partial charge on any atom is 0.255 e. The van der Waals surface area contributed by atoms with Crippen molar-refractivity contribution in [2.45, 2.75) is 6.92 Å². The zero-order valence-electron chi connectivity index (χ0n) is 7.84. The highest BCUT2D eigenvalue weighted by Crippen LogP contribution is 2.11. The van der Waals surface area contributed by atoms with E-state index in [-0.39, 0.29) is 5.91 Å². The molecule has 0 unspecified atom stereocenters. The van der Waals surface area contributed by atoms with E-state index < -0.39 is 0 Å². The van der Waals surface area contributed by atoms with E-state index in [9.17, 15) is 4.79 Å². The van der Waals surface area contributed by atoms with Crippen LogP contribution in [-0.4, -0.2) is 29.9 Å². The molecule has 0 aliphatic heterocycles. The van der Waals surface area contributed by atoms with Gasteiger partial charge in [-0.3, -0.25) is 4.79 Å². The fourth-order valence-corrected chi connectivity index (χ4v) is 1.19. The van der Waals surface area contributed by atoms with Crippen LogP contribution in [0, 0.1) is 6.92 Å². The molecule has 70 valence electrons. The Balaban J connectivity index is 3.09. The number of aryl methyl sites for hydroxylation is 1. The standard InChI is InChI=1S/C9H11ClN2O/c1-6-7(9(13)12(2)3)4-5-8(10)11-6/h4-5H,1-3H3. The maximum absolute atomic E-state index is 11.5. The maximum atomic E-state index is 11.5. The first-order valence-corrected chi connectivity index (χ1v) is 4.25. The molecule has 1 heterocycles. The molecule has 0 aliphatic rings. The van der Waals surface area contributed by atoms with Gasteiger partial charge in [0.2, 0.25) is 0 Å². The Labute approximate surface area is 82.3 Å². The molecule has 13 heavy (non-hydrogen) atoms. The van der Waals surface area contributed by atoms with Gasteiger partial charge in [0.05, 0.1) is 11.3 Å². The minimum absolute atomic E-state index is 0.0540. The second-order valence-electron chi connectivity index (χ2n) is 2.97. The highest BCUT2D eigenvalue weighted by Gasteiger charge is 2.11. The molecule has 3 nitrogen and oxygen atoms in total. The molecule has 1 aromatic heterocycles. The molecule has 0 saturated heterocycles. The SMILES string of the molecule is Cc1nc(Cl)ccc1C(=O)N(C)C. The summed E-state index contributed by atoms with van der Waals surface area (Å²) in [5, 5.41) is 0.410. The number of rotatable bonds is 1. The number of aromatic nitrogens is 1. The number of carbonyl (C=O) groups is 1. The molecule has 0 aliphatic carbocycles. The molecule has 0 spiro atoms. The fourth-order valence-electron chi connectivity index (χ4n) is 0.997. The second kappa shape index (κ2) is 3.75. The average molecular weight is 199 g/mol. The van der Waals surface area contributed by atoms with E-state index in [0.717, 1.165) is 0 Å². The van der Waals surface area contributed by atoms with Crippen LogP contribution in [0.15, 0.2) is 12.1 Å². The summed E-state index contributed by atoms with van der Waals surface area (Å²) in [5.41, 5.74) is 1.25. The average Bonchev–Trinajstić information content (AvgIpc) is 2.03. The first kappa shape index (κ1) is 9.99. The molecule has 0 bridgehead atoms. The van der Waals surface area contributed by atoms with Gasteiger partial charge >= 0.3 is 0 Å². The minimum atomic E-state index is -0.0540. The first-order valence-electron chi connectivity index (χ1n) is 3.87. The normalized spacial score (nSPS) is 9.85. The van der Waals surface area contributed by atoms with E-state index in [1.807, 2.05) is 0 Å². The number of halogens is 1. The van der Waals surface area contributed by atoms with E-state index in [0.29, 0.717) is 16.4 Å². The summed E-state index contributed by atoms with van der Waals surface area (Å²) in [6.45, 7) is 1.77. The molecule has 0 saturated carbocycles. The van der Waals surface area contributed by atoms with Crippen LogP contribution < -0.4 is 0 Å². The summed E-state index contributed by atoms with van der Waals surface area (Å²) in [6, 6.07) is 3.30. The number of nitrogens with zero attached hydrogens (tertiary/aromatic N) is 2. The predicted octanol–water partition coefficient (Wildman–Crippen LogP) is 1.75. The van der Waals surface area contributed by atoms with Crippen LogP contribution in [0.5, 0.6) is 0 Å². The lowest BCUT2D eigenvalue weighted by Gasteiger charge is -2.11. The van der Waals surface area contributed by atoms with Crippen molar-refractivity contribution in [3.05, 3.63) is 28.5 Å². The molecular weight excluding hydrogens is 188 g/mol. The molecular formula is C9H11ClN2O. The van der Waals surface area contributed by atoms with Crippen LogP contribution in [-0.2, 0) is 0 Å². The Morgan fingerprint density at radius 3 is 2.54 bits per heavy atom. The van der Waals surface area contributed by atoms with Crippen molar-refractivity contribution in [2.75, 3.05) is 14.1 Å². The Morgan fingerprint density at radius 1 is 1.46 bits per heavy atom. The van der Waals surface area contributed by atoms with Crippen LogP contribution in [0.4, 0.5) is 0 Å². The van der Waals surface area contributed by atoms with Gasteiger partial charge in [-0.1, -0.05) is 11.6 Å². The minimum Gasteiger partial charge on any atom is -0.345 e. The lowest BCUT2D eigenvalue weighted by atomic mass is 10.2. The van der Waals surface area contributed by atoms with Crippen LogP contribution in [0.3, 0.4) is 0 Å².